The van der Waals surface area contributed by atoms with Gasteiger partial charge in [0, 0.05) is 62.0 Å². The maximum absolute atomic E-state index is 13.9. The number of rotatable bonds is 12. The van der Waals surface area contributed by atoms with Crippen LogP contribution in [0.2, 0.25) is 0 Å². The number of hydrogen-bond donors (Lipinski definition) is 4. The summed E-state index contributed by atoms with van der Waals surface area (Å²) in [5, 5.41) is 29.4. The lowest BCUT2D eigenvalue weighted by Gasteiger charge is -2.47. The molecule has 11 nitrogen and oxygen atoms in total. The highest BCUT2D eigenvalue weighted by Gasteiger charge is 2.41. The fourth-order valence-electron chi connectivity index (χ4n) is 7.08. The summed E-state index contributed by atoms with van der Waals surface area (Å²) in [7, 11) is 0. The molecule has 260 valence electrons. The van der Waals surface area contributed by atoms with E-state index in [9.17, 15) is 19.8 Å². The molecule has 0 aliphatic carbocycles. The maximum Gasteiger partial charge on any atom is 0.238 e. The molecule has 0 spiro atoms. The van der Waals surface area contributed by atoms with E-state index in [4.69, 9.17) is 9.15 Å². The van der Waals surface area contributed by atoms with Gasteiger partial charge in [-0.1, -0.05) is 48.5 Å². The zero-order valence-electron chi connectivity index (χ0n) is 28.4. The minimum atomic E-state index is -0.907. The predicted octanol–water partition coefficient (Wildman–Crippen LogP) is 3.41. The second kappa shape index (κ2) is 15.1. The van der Waals surface area contributed by atoms with Crippen molar-refractivity contribution in [2.45, 2.75) is 63.4 Å². The lowest BCUT2D eigenvalue weighted by Crippen LogP contribution is -2.63. The van der Waals surface area contributed by atoms with Gasteiger partial charge in [0.2, 0.25) is 11.8 Å². The van der Waals surface area contributed by atoms with Gasteiger partial charge in [0.25, 0.3) is 0 Å². The molecular formula is C38H47N5O6. The Morgan fingerprint density at radius 2 is 1.86 bits per heavy atom. The van der Waals surface area contributed by atoms with Gasteiger partial charge in [0.15, 0.2) is 0 Å². The van der Waals surface area contributed by atoms with Crippen LogP contribution in [0.25, 0.3) is 11.0 Å². The maximum atomic E-state index is 13.9. The van der Waals surface area contributed by atoms with E-state index in [0.717, 1.165) is 27.9 Å². The number of β-amino-alcohol motifs (C(OH)–C–C–N with tert-alkyl or cyclic N) is 1. The average molecular weight is 670 g/mol. The Morgan fingerprint density at radius 1 is 1.08 bits per heavy atom. The number of aliphatic hydroxyl groups excluding tert-OH is 2. The molecule has 4 heterocycles. The van der Waals surface area contributed by atoms with E-state index in [1.54, 1.807) is 12.4 Å². The van der Waals surface area contributed by atoms with Crippen LogP contribution in [-0.4, -0.2) is 94.4 Å². The van der Waals surface area contributed by atoms with Gasteiger partial charge in [0.1, 0.15) is 35.8 Å². The van der Waals surface area contributed by atoms with Crippen molar-refractivity contribution in [3.05, 3.63) is 96.0 Å². The third-order valence-electron chi connectivity index (χ3n) is 9.90. The summed E-state index contributed by atoms with van der Waals surface area (Å²) in [6.07, 6.45) is 2.30. The summed E-state index contributed by atoms with van der Waals surface area (Å²) < 4.78 is 11.9. The molecule has 1 saturated heterocycles. The zero-order valence-corrected chi connectivity index (χ0v) is 28.4. The number of amides is 2. The molecule has 0 unspecified atom stereocenters. The van der Waals surface area contributed by atoms with E-state index in [2.05, 4.69) is 34.4 Å². The van der Waals surface area contributed by atoms with E-state index >= 15 is 0 Å². The van der Waals surface area contributed by atoms with Crippen molar-refractivity contribution in [2.24, 2.45) is 5.92 Å². The number of nitrogens with one attached hydrogen (secondary N) is 2. The van der Waals surface area contributed by atoms with Gasteiger partial charge in [-0.25, -0.2) is 0 Å². The van der Waals surface area contributed by atoms with Gasteiger partial charge in [-0.3, -0.25) is 24.4 Å². The number of aliphatic hydroxyl groups is 2. The summed E-state index contributed by atoms with van der Waals surface area (Å²) in [6.45, 7) is 8.52. The highest BCUT2D eigenvalue weighted by molar-refractivity contribution is 5.82. The number of para-hydroxylation sites is 1. The molecule has 6 rings (SSSR count). The number of pyridine rings is 1. The number of piperazine rings is 1. The van der Waals surface area contributed by atoms with Gasteiger partial charge in [-0.2, -0.15) is 0 Å². The van der Waals surface area contributed by atoms with Crippen molar-refractivity contribution in [1.82, 2.24) is 25.4 Å². The molecule has 2 amide bonds. The summed E-state index contributed by atoms with van der Waals surface area (Å²) in [5.41, 5.74) is 1.96. The number of ether oxygens (including phenoxy) is 1. The largest absolute Gasteiger partial charge is 0.490 e. The van der Waals surface area contributed by atoms with Crippen LogP contribution in [0.5, 0.6) is 5.75 Å². The third kappa shape index (κ3) is 7.80. The molecule has 1 fully saturated rings. The standard InChI is InChI=1S/C38H47N5O6/c1-4-40-37(47)30-23-43(38(2,3)34-20-27-21-39-15-14-32(27)49-34)17-16-42(30)22-28(44)19-26(18-25-10-6-5-7-11-25)36(46)41-35-29-12-8-9-13-33(29)48-24-31(35)45/h5-15,20-21,26,28,30-31,35,44-45H,4,16-19,22-24H2,1-3H3,(H,40,47)(H,41,46)/t26-,28+,30+,31-,35+/m1/s1. The molecule has 2 aromatic carbocycles. The smallest absolute Gasteiger partial charge is 0.238 e. The summed E-state index contributed by atoms with van der Waals surface area (Å²) in [6, 6.07) is 19.8. The molecule has 4 N–H and O–H groups in total. The Balaban J connectivity index is 1.17. The first-order valence-corrected chi connectivity index (χ1v) is 17.2. The van der Waals surface area contributed by atoms with Crippen molar-refractivity contribution in [3.8, 4) is 5.75 Å². The van der Waals surface area contributed by atoms with Crippen LogP contribution in [0.1, 0.15) is 50.1 Å². The SMILES string of the molecule is CCNC(=O)[C@@H]1CN(C(C)(C)c2cc3cnccc3o2)CCN1C[C@@H](O)C[C@@H](Cc1ccccc1)C(=O)N[C@H]1c2ccccc2OC[C@H]1O. The van der Waals surface area contributed by atoms with Gasteiger partial charge < -0.3 is 30.0 Å². The molecule has 11 heteroatoms. The zero-order chi connectivity index (χ0) is 34.5. The number of likely N-dealkylation sites (N-methyl/N-ethyl adjacent to an activating group) is 1. The van der Waals surface area contributed by atoms with Crippen LogP contribution in [-0.2, 0) is 21.5 Å². The van der Waals surface area contributed by atoms with Crippen LogP contribution >= 0.6 is 0 Å². The second-order valence-corrected chi connectivity index (χ2v) is 13.6. The average Bonchev–Trinajstić information content (AvgIpc) is 3.55. The van der Waals surface area contributed by atoms with Gasteiger partial charge >= 0.3 is 0 Å². The monoisotopic (exact) mass is 669 g/mol. The molecule has 4 aromatic rings. The summed E-state index contributed by atoms with van der Waals surface area (Å²) in [5.74, 6) is 0.496. The molecule has 0 saturated carbocycles. The molecule has 0 radical (unpaired) electrons. The van der Waals surface area contributed by atoms with Crippen molar-refractivity contribution < 1.29 is 29.0 Å². The number of carbonyl (C=O) groups excluding carboxylic acids is 2. The summed E-state index contributed by atoms with van der Waals surface area (Å²) >= 11 is 0. The first-order chi connectivity index (χ1) is 23.6. The van der Waals surface area contributed by atoms with E-state index < -0.39 is 35.7 Å². The van der Waals surface area contributed by atoms with Crippen LogP contribution in [0.3, 0.4) is 0 Å². The number of carbonyl (C=O) groups is 2. The van der Waals surface area contributed by atoms with E-state index in [1.165, 1.54) is 0 Å². The first kappa shape index (κ1) is 34.6. The minimum Gasteiger partial charge on any atom is -0.490 e. The first-order valence-electron chi connectivity index (χ1n) is 17.2. The Labute approximate surface area is 287 Å². The lowest BCUT2D eigenvalue weighted by atomic mass is 9.90. The minimum absolute atomic E-state index is 0.0749. The van der Waals surface area contributed by atoms with Crippen LogP contribution in [0.15, 0.2) is 83.5 Å². The molecule has 0 bridgehead atoms. The van der Waals surface area contributed by atoms with Crippen LogP contribution in [0, 0.1) is 5.92 Å². The van der Waals surface area contributed by atoms with Gasteiger partial charge in [0.05, 0.1) is 17.7 Å². The number of nitrogens with zero attached hydrogens (tertiary/aromatic N) is 3. The Morgan fingerprint density at radius 3 is 2.63 bits per heavy atom. The van der Waals surface area contributed by atoms with Crippen molar-refractivity contribution >= 4 is 22.8 Å². The fourth-order valence-corrected chi connectivity index (χ4v) is 7.08. The van der Waals surface area contributed by atoms with Gasteiger partial charge in [-0.15, -0.1) is 0 Å². The predicted molar refractivity (Wildman–Crippen MR) is 186 cm³/mol. The highest BCUT2D eigenvalue weighted by atomic mass is 16.5. The Hall–Kier alpha value is -4.29. The summed E-state index contributed by atoms with van der Waals surface area (Å²) in [4.78, 5) is 35.9. The van der Waals surface area contributed by atoms with Crippen molar-refractivity contribution in [2.75, 3.05) is 39.3 Å². The lowest BCUT2D eigenvalue weighted by molar-refractivity contribution is -0.132. The normalized spacial score (nSPS) is 21.4. The quantitative estimate of drug-likeness (QED) is 0.179. The molecule has 2 aliphatic rings. The molecule has 49 heavy (non-hydrogen) atoms. The highest BCUT2D eigenvalue weighted by Crippen LogP contribution is 2.35. The van der Waals surface area contributed by atoms with Crippen molar-refractivity contribution in [3.63, 3.8) is 0 Å². The number of aromatic nitrogens is 1. The number of hydrogen-bond acceptors (Lipinski definition) is 9. The molecule has 5 atom stereocenters. The second-order valence-electron chi connectivity index (χ2n) is 13.6. The Kier molecular flexibility index (Phi) is 10.6. The number of benzene rings is 2. The van der Waals surface area contributed by atoms with E-state index in [1.807, 2.05) is 78.6 Å². The molecular weight excluding hydrogens is 622 g/mol. The third-order valence-corrected chi connectivity index (χ3v) is 9.90. The van der Waals surface area contributed by atoms with Crippen LogP contribution in [0.4, 0.5) is 0 Å². The van der Waals surface area contributed by atoms with Crippen LogP contribution < -0.4 is 15.4 Å². The molecule has 2 aliphatic heterocycles. The fraction of sp³-hybridized carbons (Fsp3) is 0.447. The van der Waals surface area contributed by atoms with Gasteiger partial charge in [-0.05, 0) is 57.4 Å². The van der Waals surface area contributed by atoms with Crippen molar-refractivity contribution in [1.29, 1.82) is 0 Å². The van der Waals surface area contributed by atoms with E-state index in [-0.39, 0.29) is 31.4 Å². The topological polar surface area (TPSA) is 140 Å². The number of furan rings is 1. The molecule has 2 aromatic heterocycles. The number of fused-ring (bicyclic) bond motifs is 2. The Bertz CT molecular complexity index is 1690. The van der Waals surface area contributed by atoms with E-state index in [0.29, 0.717) is 38.3 Å².